The highest BCUT2D eigenvalue weighted by Gasteiger charge is 2.33. The van der Waals surface area contributed by atoms with Crippen molar-refractivity contribution in [3.8, 4) is 17.2 Å². The van der Waals surface area contributed by atoms with Gasteiger partial charge in [0.1, 0.15) is 27.7 Å². The van der Waals surface area contributed by atoms with Crippen LogP contribution in [0, 0.1) is 0 Å². The zero-order valence-electron chi connectivity index (χ0n) is 19.0. The molecule has 1 fully saturated rings. The molecule has 0 radical (unpaired) electrons. The average Bonchev–Trinajstić information content (AvgIpc) is 2.87. The fourth-order valence-electron chi connectivity index (χ4n) is 3.90. The minimum atomic E-state index is -3.89. The van der Waals surface area contributed by atoms with E-state index < -0.39 is 21.5 Å². The number of nitrogens with zero attached hydrogens (tertiary/aromatic N) is 2. The molecule has 0 atom stereocenters. The van der Waals surface area contributed by atoms with Crippen molar-refractivity contribution in [2.75, 3.05) is 47.5 Å². The van der Waals surface area contributed by atoms with E-state index in [1.807, 2.05) is 0 Å². The number of rotatable bonds is 6. The van der Waals surface area contributed by atoms with Crippen LogP contribution in [0.2, 0.25) is 0 Å². The molecule has 1 aromatic heterocycles. The molecule has 2 aromatic carbocycles. The fourth-order valence-corrected chi connectivity index (χ4v) is 5.49. The molecule has 0 saturated carbocycles. The van der Waals surface area contributed by atoms with Crippen molar-refractivity contribution >= 4 is 26.8 Å². The number of amides is 1. The summed E-state index contributed by atoms with van der Waals surface area (Å²) in [6.07, 6.45) is 0. The fraction of sp³-hybridized carbons (Fsp3) is 0.304. The van der Waals surface area contributed by atoms with Gasteiger partial charge in [-0.3, -0.25) is 9.59 Å². The lowest BCUT2D eigenvalue weighted by atomic mass is 10.1. The minimum absolute atomic E-state index is 0.00551. The maximum atomic E-state index is 13.3. The van der Waals surface area contributed by atoms with Gasteiger partial charge in [-0.15, -0.1) is 0 Å². The Balaban J connectivity index is 1.54. The van der Waals surface area contributed by atoms with E-state index in [1.54, 1.807) is 24.3 Å². The lowest BCUT2D eigenvalue weighted by Gasteiger charge is -2.34. The lowest BCUT2D eigenvalue weighted by Crippen LogP contribution is -2.51. The molecule has 180 valence electrons. The summed E-state index contributed by atoms with van der Waals surface area (Å²) < 4.78 is 43.4. The molecule has 1 N–H and O–H groups in total. The van der Waals surface area contributed by atoms with Gasteiger partial charge in [0.05, 0.1) is 21.3 Å². The Kier molecular flexibility index (Phi) is 6.49. The normalized spacial score (nSPS) is 14.7. The van der Waals surface area contributed by atoms with Crippen molar-refractivity contribution in [1.82, 2.24) is 14.2 Å². The summed E-state index contributed by atoms with van der Waals surface area (Å²) in [4.78, 5) is 29.8. The van der Waals surface area contributed by atoms with Gasteiger partial charge in [0, 0.05) is 43.1 Å². The van der Waals surface area contributed by atoms with E-state index >= 15 is 0 Å². The number of aromatic nitrogens is 1. The van der Waals surface area contributed by atoms with Crippen LogP contribution in [-0.4, -0.2) is 76.0 Å². The molecule has 0 aliphatic carbocycles. The monoisotopic (exact) mass is 487 g/mol. The highest BCUT2D eigenvalue weighted by molar-refractivity contribution is 7.89. The van der Waals surface area contributed by atoms with Crippen LogP contribution in [0.15, 0.2) is 52.2 Å². The van der Waals surface area contributed by atoms with Crippen LogP contribution < -0.4 is 19.8 Å². The van der Waals surface area contributed by atoms with Crippen molar-refractivity contribution in [2.24, 2.45) is 0 Å². The third-order valence-electron chi connectivity index (χ3n) is 5.80. The number of carbonyl (C=O) groups excluding carboxylic acids is 1. The number of hydrogen-bond donors (Lipinski definition) is 1. The largest absolute Gasteiger partial charge is 0.497 e. The van der Waals surface area contributed by atoms with Gasteiger partial charge in [-0.2, -0.15) is 4.31 Å². The van der Waals surface area contributed by atoms with Gasteiger partial charge < -0.3 is 24.1 Å². The van der Waals surface area contributed by atoms with Gasteiger partial charge in [0.15, 0.2) is 0 Å². The molecule has 4 rings (SSSR count). The second kappa shape index (κ2) is 9.35. The average molecular weight is 488 g/mol. The van der Waals surface area contributed by atoms with E-state index in [9.17, 15) is 18.0 Å². The number of hydrogen-bond acceptors (Lipinski definition) is 7. The maximum Gasteiger partial charge on any atom is 0.261 e. The topological polar surface area (TPSA) is 118 Å². The summed E-state index contributed by atoms with van der Waals surface area (Å²) in [5.74, 6) is 0.740. The van der Waals surface area contributed by atoms with Gasteiger partial charge in [-0.1, -0.05) is 0 Å². The molecule has 11 heteroatoms. The third kappa shape index (κ3) is 4.31. The van der Waals surface area contributed by atoms with Crippen molar-refractivity contribution in [3.05, 3.63) is 58.4 Å². The van der Waals surface area contributed by atoms with E-state index in [0.29, 0.717) is 22.4 Å². The van der Waals surface area contributed by atoms with Crippen LogP contribution in [0.3, 0.4) is 0 Å². The predicted octanol–water partition coefficient (Wildman–Crippen LogP) is 1.70. The molecular weight excluding hydrogens is 462 g/mol. The zero-order valence-corrected chi connectivity index (χ0v) is 19.8. The summed E-state index contributed by atoms with van der Waals surface area (Å²) >= 11 is 0. The molecule has 34 heavy (non-hydrogen) atoms. The summed E-state index contributed by atoms with van der Waals surface area (Å²) in [5, 5.41) is 0.661. The number of H-pyrrole nitrogens is 1. The van der Waals surface area contributed by atoms with Crippen molar-refractivity contribution in [3.63, 3.8) is 0 Å². The second-order valence-corrected chi connectivity index (χ2v) is 9.58. The zero-order chi connectivity index (χ0) is 24.5. The molecule has 0 bridgehead atoms. The maximum absolute atomic E-state index is 13.3. The number of ether oxygens (including phenoxy) is 3. The van der Waals surface area contributed by atoms with Crippen molar-refractivity contribution in [1.29, 1.82) is 0 Å². The van der Waals surface area contributed by atoms with E-state index in [2.05, 4.69) is 4.98 Å². The molecule has 1 saturated heterocycles. The summed E-state index contributed by atoms with van der Waals surface area (Å²) in [5.41, 5.74) is 0.0795. The molecule has 1 aliphatic heterocycles. The smallest absolute Gasteiger partial charge is 0.261 e. The minimum Gasteiger partial charge on any atom is -0.497 e. The number of sulfonamides is 1. The van der Waals surface area contributed by atoms with Gasteiger partial charge in [-0.05, 0) is 36.4 Å². The lowest BCUT2D eigenvalue weighted by molar-refractivity contribution is 0.0696. The molecule has 2 heterocycles. The van der Waals surface area contributed by atoms with E-state index in [0.717, 1.165) is 0 Å². The molecule has 0 unspecified atom stereocenters. The Labute approximate surface area is 196 Å². The summed E-state index contributed by atoms with van der Waals surface area (Å²) in [6, 6.07) is 11.3. The van der Waals surface area contributed by atoms with Crippen LogP contribution >= 0.6 is 0 Å². The number of methoxy groups -OCH3 is 3. The first-order valence-electron chi connectivity index (χ1n) is 10.5. The number of piperazine rings is 1. The van der Waals surface area contributed by atoms with E-state index in [-0.39, 0.29) is 42.4 Å². The second-order valence-electron chi connectivity index (χ2n) is 7.68. The number of nitrogens with one attached hydrogen (secondary N) is 1. The van der Waals surface area contributed by atoms with Crippen LogP contribution in [0.4, 0.5) is 0 Å². The first kappa shape index (κ1) is 23.6. The summed E-state index contributed by atoms with van der Waals surface area (Å²) in [6.45, 7) is 0.432. The molecule has 10 nitrogen and oxygen atoms in total. The van der Waals surface area contributed by atoms with Crippen LogP contribution in [0.25, 0.3) is 10.9 Å². The van der Waals surface area contributed by atoms with Crippen LogP contribution in [0.5, 0.6) is 17.2 Å². The molecule has 3 aromatic rings. The molecule has 1 aliphatic rings. The predicted molar refractivity (Wildman–Crippen MR) is 125 cm³/mol. The summed E-state index contributed by atoms with van der Waals surface area (Å²) in [7, 11) is 0.497. The van der Waals surface area contributed by atoms with Crippen LogP contribution in [-0.2, 0) is 10.0 Å². The van der Waals surface area contributed by atoms with Crippen LogP contribution in [0.1, 0.15) is 10.4 Å². The number of carbonyl (C=O) groups is 1. The van der Waals surface area contributed by atoms with Gasteiger partial charge in [-0.25, -0.2) is 8.42 Å². The quantitative estimate of drug-likeness (QED) is 0.562. The Morgan fingerprint density at radius 3 is 2.18 bits per heavy atom. The Morgan fingerprint density at radius 1 is 0.882 bits per heavy atom. The first-order chi connectivity index (χ1) is 16.3. The van der Waals surface area contributed by atoms with Crippen molar-refractivity contribution in [2.45, 2.75) is 4.90 Å². The van der Waals surface area contributed by atoms with Gasteiger partial charge in [0.25, 0.3) is 11.5 Å². The Morgan fingerprint density at radius 2 is 1.53 bits per heavy atom. The highest BCUT2D eigenvalue weighted by Crippen LogP contribution is 2.31. The number of benzene rings is 2. The number of fused-ring (bicyclic) bond motifs is 1. The molecule has 1 amide bonds. The van der Waals surface area contributed by atoms with Gasteiger partial charge in [0.2, 0.25) is 10.0 Å². The van der Waals surface area contributed by atoms with E-state index in [4.69, 9.17) is 14.2 Å². The van der Waals surface area contributed by atoms with E-state index in [1.165, 1.54) is 48.7 Å². The number of aromatic amines is 1. The third-order valence-corrected chi connectivity index (χ3v) is 7.72. The molecular formula is C23H25N3O7S. The Hall–Kier alpha value is -3.57. The van der Waals surface area contributed by atoms with Gasteiger partial charge >= 0.3 is 0 Å². The van der Waals surface area contributed by atoms with Crippen molar-refractivity contribution < 1.29 is 27.4 Å². The first-order valence-corrected chi connectivity index (χ1v) is 11.9. The highest BCUT2D eigenvalue weighted by atomic mass is 32.2. The number of pyridine rings is 1. The Bertz CT molecular complexity index is 1390. The SMILES string of the molecule is COc1ccc(OC)c(S(=O)(=O)N2CCN(C(=O)c3cc4cc(OC)ccc4[nH]c3=O)CC2)c1. The molecule has 0 spiro atoms. The standard InChI is InChI=1S/C23H25N3O7S/c1-31-16-4-6-19-15(12-16)13-18(22(27)24-19)23(28)25-8-10-26(11-9-25)34(29,30)21-14-17(32-2)5-7-20(21)33-3/h4-7,12-14H,8-11H2,1-3H3,(H,24,27).